The van der Waals surface area contributed by atoms with Crippen molar-refractivity contribution in [1.82, 2.24) is 0 Å². The number of rotatable bonds is 2. The van der Waals surface area contributed by atoms with Crippen LogP contribution in [-0.4, -0.2) is 17.3 Å². The molecule has 0 aromatic heterocycles. The van der Waals surface area contributed by atoms with Crippen LogP contribution in [0, 0.1) is 11.3 Å². The first-order chi connectivity index (χ1) is 8.20. The van der Waals surface area contributed by atoms with E-state index in [4.69, 9.17) is 16.9 Å². The number of anilines is 1. The molecule has 0 radical (unpaired) electrons. The molecule has 1 aliphatic carbocycles. The summed E-state index contributed by atoms with van der Waals surface area (Å²) < 4.78 is 0. The highest BCUT2D eigenvalue weighted by Crippen LogP contribution is 2.25. The van der Waals surface area contributed by atoms with Gasteiger partial charge in [-0.2, -0.15) is 5.26 Å². The van der Waals surface area contributed by atoms with Gasteiger partial charge in [-0.15, -0.1) is 0 Å². The van der Waals surface area contributed by atoms with Crippen molar-refractivity contribution in [3.8, 4) is 6.07 Å². The molecular formula is C13H15ClN2O. The van der Waals surface area contributed by atoms with Gasteiger partial charge in [0.15, 0.2) is 0 Å². The Hall–Kier alpha value is -1.24. The van der Waals surface area contributed by atoms with E-state index in [1.165, 1.54) is 0 Å². The summed E-state index contributed by atoms with van der Waals surface area (Å²) in [5.74, 6) is 0. The van der Waals surface area contributed by atoms with E-state index in [-0.39, 0.29) is 12.1 Å². The third kappa shape index (κ3) is 2.91. The Morgan fingerprint density at radius 3 is 2.76 bits per heavy atom. The summed E-state index contributed by atoms with van der Waals surface area (Å²) in [4.78, 5) is 0. The Labute approximate surface area is 106 Å². The summed E-state index contributed by atoms with van der Waals surface area (Å²) in [6, 6.07) is 7.37. The Morgan fingerprint density at radius 2 is 2.12 bits per heavy atom. The molecular weight excluding hydrogens is 236 g/mol. The second kappa shape index (κ2) is 5.39. The highest BCUT2D eigenvalue weighted by molar-refractivity contribution is 6.32. The summed E-state index contributed by atoms with van der Waals surface area (Å²) in [6.45, 7) is 0. The number of nitrogens with zero attached hydrogens (tertiary/aromatic N) is 1. The van der Waals surface area contributed by atoms with Crippen LogP contribution in [-0.2, 0) is 0 Å². The highest BCUT2D eigenvalue weighted by atomic mass is 35.5. The molecule has 0 aliphatic heterocycles. The third-order valence-electron chi connectivity index (χ3n) is 3.17. The number of hydrogen-bond donors (Lipinski definition) is 2. The standard InChI is InChI=1S/C13H15ClN2O/c14-11-7-10(6-5-9(11)8-15)16-12-3-1-2-4-13(12)17/h5-7,12-13,16-17H,1-4H2. The summed E-state index contributed by atoms with van der Waals surface area (Å²) in [5, 5.41) is 22.4. The van der Waals surface area contributed by atoms with Crippen LogP contribution in [0.3, 0.4) is 0 Å². The summed E-state index contributed by atoms with van der Waals surface area (Å²) >= 11 is 5.96. The topological polar surface area (TPSA) is 56.0 Å². The van der Waals surface area contributed by atoms with Crippen molar-refractivity contribution in [2.75, 3.05) is 5.32 Å². The first-order valence-electron chi connectivity index (χ1n) is 5.85. The van der Waals surface area contributed by atoms with Crippen molar-refractivity contribution < 1.29 is 5.11 Å². The predicted molar refractivity (Wildman–Crippen MR) is 68.1 cm³/mol. The minimum Gasteiger partial charge on any atom is -0.391 e. The Bertz CT molecular complexity index is 442. The number of aliphatic hydroxyl groups excluding tert-OH is 1. The lowest BCUT2D eigenvalue weighted by molar-refractivity contribution is 0.116. The SMILES string of the molecule is N#Cc1ccc(NC2CCCCC2O)cc1Cl. The van der Waals surface area contributed by atoms with E-state index >= 15 is 0 Å². The molecule has 2 N–H and O–H groups in total. The molecule has 1 aromatic carbocycles. The number of nitriles is 1. The molecule has 90 valence electrons. The monoisotopic (exact) mass is 250 g/mol. The lowest BCUT2D eigenvalue weighted by Gasteiger charge is -2.29. The lowest BCUT2D eigenvalue weighted by Crippen LogP contribution is -2.36. The average Bonchev–Trinajstić information content (AvgIpc) is 2.32. The van der Waals surface area contributed by atoms with E-state index in [1.54, 1.807) is 12.1 Å². The second-order valence-electron chi connectivity index (χ2n) is 4.41. The van der Waals surface area contributed by atoms with E-state index in [1.807, 2.05) is 12.1 Å². The highest BCUT2D eigenvalue weighted by Gasteiger charge is 2.22. The van der Waals surface area contributed by atoms with E-state index < -0.39 is 0 Å². The molecule has 0 saturated heterocycles. The van der Waals surface area contributed by atoms with Gasteiger partial charge in [-0.1, -0.05) is 24.4 Å². The van der Waals surface area contributed by atoms with E-state index in [0.717, 1.165) is 31.4 Å². The molecule has 1 aliphatic rings. The first-order valence-corrected chi connectivity index (χ1v) is 6.23. The fourth-order valence-electron chi connectivity index (χ4n) is 2.19. The van der Waals surface area contributed by atoms with E-state index in [9.17, 15) is 5.11 Å². The van der Waals surface area contributed by atoms with Crippen molar-refractivity contribution >= 4 is 17.3 Å². The van der Waals surface area contributed by atoms with Crippen LogP contribution in [0.2, 0.25) is 5.02 Å². The first kappa shape index (κ1) is 12.2. The van der Waals surface area contributed by atoms with Gasteiger partial charge >= 0.3 is 0 Å². The minimum atomic E-state index is -0.293. The summed E-state index contributed by atoms with van der Waals surface area (Å²) in [7, 11) is 0. The zero-order valence-electron chi connectivity index (χ0n) is 9.49. The number of nitrogens with one attached hydrogen (secondary N) is 1. The normalized spacial score (nSPS) is 24.1. The zero-order chi connectivity index (χ0) is 12.3. The van der Waals surface area contributed by atoms with Crippen LogP contribution < -0.4 is 5.32 Å². The molecule has 4 heteroatoms. The molecule has 1 fully saturated rings. The molecule has 0 bridgehead atoms. The van der Waals surface area contributed by atoms with Crippen molar-refractivity contribution in [3.05, 3.63) is 28.8 Å². The van der Waals surface area contributed by atoms with Crippen LogP contribution in [0.1, 0.15) is 31.2 Å². The molecule has 3 nitrogen and oxygen atoms in total. The van der Waals surface area contributed by atoms with Gasteiger partial charge in [-0.3, -0.25) is 0 Å². The predicted octanol–water partition coefficient (Wildman–Crippen LogP) is 2.93. The molecule has 1 aromatic rings. The Kier molecular flexibility index (Phi) is 3.88. The molecule has 0 heterocycles. The number of benzene rings is 1. The molecule has 2 atom stereocenters. The van der Waals surface area contributed by atoms with E-state index in [0.29, 0.717) is 10.6 Å². The molecule has 17 heavy (non-hydrogen) atoms. The van der Waals surface area contributed by atoms with Gasteiger partial charge < -0.3 is 10.4 Å². The Morgan fingerprint density at radius 1 is 1.35 bits per heavy atom. The molecule has 1 saturated carbocycles. The minimum absolute atomic E-state index is 0.0905. The average molecular weight is 251 g/mol. The molecule has 2 unspecified atom stereocenters. The number of hydrogen-bond acceptors (Lipinski definition) is 3. The van der Waals surface area contributed by atoms with Crippen molar-refractivity contribution in [2.45, 2.75) is 37.8 Å². The van der Waals surface area contributed by atoms with Crippen molar-refractivity contribution in [1.29, 1.82) is 5.26 Å². The maximum absolute atomic E-state index is 9.85. The van der Waals surface area contributed by atoms with Crippen LogP contribution in [0.5, 0.6) is 0 Å². The quantitative estimate of drug-likeness (QED) is 0.849. The van der Waals surface area contributed by atoms with E-state index in [2.05, 4.69) is 5.32 Å². The molecule has 2 rings (SSSR count). The second-order valence-corrected chi connectivity index (χ2v) is 4.82. The van der Waals surface area contributed by atoms with Crippen molar-refractivity contribution in [2.24, 2.45) is 0 Å². The van der Waals surface area contributed by atoms with Gasteiger partial charge in [0.1, 0.15) is 6.07 Å². The maximum Gasteiger partial charge on any atom is 0.101 e. The Balaban J connectivity index is 2.08. The molecule has 0 spiro atoms. The van der Waals surface area contributed by atoms with Gasteiger partial charge in [0.2, 0.25) is 0 Å². The number of halogens is 1. The van der Waals surface area contributed by atoms with Gasteiger partial charge in [0.05, 0.1) is 22.7 Å². The van der Waals surface area contributed by atoms with Crippen LogP contribution in [0.4, 0.5) is 5.69 Å². The van der Waals surface area contributed by atoms with Gasteiger partial charge in [-0.25, -0.2) is 0 Å². The fraction of sp³-hybridized carbons (Fsp3) is 0.462. The van der Waals surface area contributed by atoms with Crippen LogP contribution in [0.15, 0.2) is 18.2 Å². The van der Waals surface area contributed by atoms with Crippen molar-refractivity contribution in [3.63, 3.8) is 0 Å². The van der Waals surface area contributed by atoms with Gasteiger partial charge in [-0.05, 0) is 31.0 Å². The third-order valence-corrected chi connectivity index (χ3v) is 3.48. The maximum atomic E-state index is 9.85. The summed E-state index contributed by atoms with van der Waals surface area (Å²) in [6.07, 6.45) is 3.75. The fourth-order valence-corrected chi connectivity index (χ4v) is 2.41. The van der Waals surface area contributed by atoms with Crippen LogP contribution >= 0.6 is 11.6 Å². The summed E-state index contributed by atoms with van der Waals surface area (Å²) in [5.41, 5.74) is 1.33. The van der Waals surface area contributed by atoms with Crippen LogP contribution in [0.25, 0.3) is 0 Å². The van der Waals surface area contributed by atoms with Gasteiger partial charge in [0, 0.05) is 5.69 Å². The largest absolute Gasteiger partial charge is 0.391 e. The smallest absolute Gasteiger partial charge is 0.101 e. The zero-order valence-corrected chi connectivity index (χ0v) is 10.2. The van der Waals surface area contributed by atoms with Gasteiger partial charge in [0.25, 0.3) is 0 Å². The lowest BCUT2D eigenvalue weighted by atomic mass is 9.92. The molecule has 0 amide bonds. The number of aliphatic hydroxyl groups is 1.